The van der Waals surface area contributed by atoms with E-state index in [1.165, 1.54) is 11.8 Å². The minimum Gasteiger partial charge on any atom is -0.325 e. The molecule has 0 saturated heterocycles. The van der Waals surface area contributed by atoms with Crippen LogP contribution in [0.15, 0.2) is 118 Å². The number of thioether (sulfide) groups is 1. The van der Waals surface area contributed by atoms with Gasteiger partial charge in [-0.1, -0.05) is 63.9 Å². The number of carbonyl (C=O) groups excluding carboxylic acids is 3. The normalized spacial score (nSPS) is 11.8. The summed E-state index contributed by atoms with van der Waals surface area (Å²) in [5.41, 5.74) is 2.46. The molecule has 40 heavy (non-hydrogen) atoms. The largest absolute Gasteiger partial charge is 0.325 e. The third kappa shape index (κ3) is 8.58. The predicted octanol–water partition coefficient (Wildman–Crippen LogP) is 7.63. The van der Waals surface area contributed by atoms with E-state index in [9.17, 15) is 14.4 Å². The highest BCUT2D eigenvalue weighted by atomic mass is 79.9. The van der Waals surface area contributed by atoms with Crippen LogP contribution >= 0.6 is 39.3 Å². The zero-order chi connectivity index (χ0) is 28.5. The lowest BCUT2D eigenvalue weighted by Crippen LogP contribution is -2.30. The van der Waals surface area contributed by atoms with Crippen LogP contribution in [0.4, 0.5) is 11.4 Å². The molecule has 3 N–H and O–H groups in total. The number of hydrogen-bond donors (Lipinski definition) is 3. The highest BCUT2D eigenvalue weighted by Gasteiger charge is 2.17. The Balaban J connectivity index is 1.42. The second kappa shape index (κ2) is 14.0. The van der Waals surface area contributed by atoms with Gasteiger partial charge in [0, 0.05) is 31.3 Å². The number of rotatable bonds is 9. The summed E-state index contributed by atoms with van der Waals surface area (Å²) in [6.07, 6.45) is 1.62. The Hall–Kier alpha value is -3.85. The van der Waals surface area contributed by atoms with Gasteiger partial charge in [0.15, 0.2) is 0 Å². The molecular weight excluding hydrogens is 610 g/mol. The third-order valence-electron chi connectivity index (χ3n) is 5.60. The van der Waals surface area contributed by atoms with E-state index in [1.807, 2.05) is 49.4 Å². The van der Waals surface area contributed by atoms with Gasteiger partial charge in [0.25, 0.3) is 11.8 Å². The molecule has 0 heterocycles. The van der Waals surface area contributed by atoms with Gasteiger partial charge in [0.2, 0.25) is 5.91 Å². The first-order valence-electron chi connectivity index (χ1n) is 12.2. The van der Waals surface area contributed by atoms with Crippen molar-refractivity contribution < 1.29 is 14.4 Å². The quantitative estimate of drug-likeness (QED) is 0.131. The summed E-state index contributed by atoms with van der Waals surface area (Å²) in [7, 11) is 0. The van der Waals surface area contributed by atoms with Gasteiger partial charge in [0.05, 0.1) is 5.25 Å². The van der Waals surface area contributed by atoms with Crippen molar-refractivity contribution in [2.45, 2.75) is 17.1 Å². The molecule has 1 atom stereocenters. The molecule has 4 aromatic rings. The fraction of sp³-hybridized carbons (Fsp3) is 0.0645. The van der Waals surface area contributed by atoms with E-state index in [1.54, 1.807) is 66.7 Å². The smallest absolute Gasteiger partial charge is 0.272 e. The first-order valence-corrected chi connectivity index (χ1v) is 14.3. The van der Waals surface area contributed by atoms with Gasteiger partial charge in [-0.15, -0.1) is 11.8 Å². The number of anilines is 2. The van der Waals surface area contributed by atoms with Crippen molar-refractivity contribution in [3.8, 4) is 0 Å². The Labute approximate surface area is 250 Å². The minimum atomic E-state index is -0.470. The zero-order valence-electron chi connectivity index (χ0n) is 21.4. The zero-order valence-corrected chi connectivity index (χ0v) is 24.5. The third-order valence-corrected chi connectivity index (χ3v) is 7.47. The van der Waals surface area contributed by atoms with Gasteiger partial charge >= 0.3 is 0 Å². The number of amides is 3. The van der Waals surface area contributed by atoms with E-state index in [0.29, 0.717) is 22.0 Å². The van der Waals surface area contributed by atoms with Crippen LogP contribution < -0.4 is 16.0 Å². The summed E-state index contributed by atoms with van der Waals surface area (Å²) >= 11 is 10.8. The SMILES string of the molecule is CC(Sc1ccc(NC(=O)/C(=C/c2ccc(Br)cc2)NC(=O)c2ccccc2)cc1)C(=O)Nc1cccc(Cl)c1. The van der Waals surface area contributed by atoms with Crippen LogP contribution in [-0.2, 0) is 9.59 Å². The Bertz CT molecular complexity index is 1530. The molecule has 202 valence electrons. The summed E-state index contributed by atoms with van der Waals surface area (Å²) in [6.45, 7) is 1.81. The number of hydrogen-bond acceptors (Lipinski definition) is 4. The van der Waals surface area contributed by atoms with E-state index in [-0.39, 0.29) is 16.9 Å². The highest BCUT2D eigenvalue weighted by molar-refractivity contribution is 9.10. The van der Waals surface area contributed by atoms with Crippen molar-refractivity contribution >= 4 is 74.5 Å². The van der Waals surface area contributed by atoms with Gasteiger partial charge in [-0.3, -0.25) is 14.4 Å². The van der Waals surface area contributed by atoms with E-state index in [2.05, 4.69) is 31.9 Å². The van der Waals surface area contributed by atoms with Gasteiger partial charge in [-0.25, -0.2) is 0 Å². The van der Waals surface area contributed by atoms with E-state index < -0.39 is 11.8 Å². The molecule has 0 fully saturated rings. The monoisotopic (exact) mass is 633 g/mol. The van der Waals surface area contributed by atoms with Crippen LogP contribution in [0.3, 0.4) is 0 Å². The molecule has 3 amide bonds. The second-order valence-corrected chi connectivity index (χ2v) is 11.4. The standard InChI is InChI=1S/C31H25BrClN3O3S/c1-20(29(37)35-26-9-5-8-24(33)19-26)40-27-16-14-25(15-17-27)34-31(39)28(18-21-10-12-23(32)13-11-21)36-30(38)22-6-3-2-4-7-22/h2-20H,1H3,(H,34,39)(H,35,37)(H,36,38)/b28-18-. The highest BCUT2D eigenvalue weighted by Crippen LogP contribution is 2.26. The first-order chi connectivity index (χ1) is 19.3. The summed E-state index contributed by atoms with van der Waals surface area (Å²) in [5, 5.41) is 8.61. The molecule has 0 aliphatic heterocycles. The maximum atomic E-state index is 13.2. The lowest BCUT2D eigenvalue weighted by atomic mass is 10.1. The van der Waals surface area contributed by atoms with Gasteiger partial charge in [-0.05, 0) is 85.3 Å². The summed E-state index contributed by atoms with van der Waals surface area (Å²) in [4.78, 5) is 39.5. The molecule has 9 heteroatoms. The lowest BCUT2D eigenvalue weighted by molar-refractivity contribution is -0.115. The molecule has 0 aromatic heterocycles. The van der Waals surface area contributed by atoms with Crippen LogP contribution in [0.1, 0.15) is 22.8 Å². The average Bonchev–Trinajstić information content (AvgIpc) is 2.95. The van der Waals surface area contributed by atoms with Gasteiger partial charge < -0.3 is 16.0 Å². The Morgan fingerprint density at radius 3 is 2.20 bits per heavy atom. The maximum Gasteiger partial charge on any atom is 0.272 e. The Kier molecular flexibility index (Phi) is 10.2. The van der Waals surface area contributed by atoms with Crippen molar-refractivity contribution in [2.75, 3.05) is 10.6 Å². The van der Waals surface area contributed by atoms with Crippen LogP contribution in [0.5, 0.6) is 0 Å². The van der Waals surface area contributed by atoms with Crippen molar-refractivity contribution in [1.82, 2.24) is 5.32 Å². The molecular formula is C31H25BrClN3O3S. The molecule has 4 aromatic carbocycles. The van der Waals surface area contributed by atoms with Crippen LogP contribution in [0.25, 0.3) is 6.08 Å². The number of carbonyl (C=O) groups is 3. The summed E-state index contributed by atoms with van der Waals surface area (Å²) < 4.78 is 0.901. The fourth-order valence-electron chi connectivity index (χ4n) is 3.55. The predicted molar refractivity (Wildman–Crippen MR) is 166 cm³/mol. The maximum absolute atomic E-state index is 13.2. The van der Waals surface area contributed by atoms with Gasteiger partial charge in [-0.2, -0.15) is 0 Å². The second-order valence-electron chi connectivity index (χ2n) is 8.67. The molecule has 0 spiro atoms. The molecule has 0 aliphatic rings. The van der Waals surface area contributed by atoms with Crippen molar-refractivity contribution in [3.63, 3.8) is 0 Å². The van der Waals surface area contributed by atoms with E-state index in [0.717, 1.165) is 14.9 Å². The molecule has 0 saturated carbocycles. The summed E-state index contributed by atoms with van der Waals surface area (Å²) in [6, 6.07) is 30.2. The van der Waals surface area contributed by atoms with E-state index >= 15 is 0 Å². The molecule has 4 rings (SSSR count). The van der Waals surface area contributed by atoms with Crippen molar-refractivity contribution in [2.24, 2.45) is 0 Å². The number of halogens is 2. The molecule has 1 unspecified atom stereocenters. The lowest BCUT2D eigenvalue weighted by Gasteiger charge is -2.14. The molecule has 0 aliphatic carbocycles. The molecule has 6 nitrogen and oxygen atoms in total. The van der Waals surface area contributed by atoms with Crippen molar-refractivity contribution in [3.05, 3.63) is 129 Å². The van der Waals surface area contributed by atoms with Crippen LogP contribution in [0, 0.1) is 0 Å². The van der Waals surface area contributed by atoms with Crippen molar-refractivity contribution in [1.29, 1.82) is 0 Å². The molecule has 0 radical (unpaired) electrons. The minimum absolute atomic E-state index is 0.0981. The van der Waals surface area contributed by atoms with Crippen LogP contribution in [0.2, 0.25) is 5.02 Å². The van der Waals surface area contributed by atoms with E-state index in [4.69, 9.17) is 11.6 Å². The van der Waals surface area contributed by atoms with Gasteiger partial charge in [0.1, 0.15) is 5.70 Å². The number of nitrogens with one attached hydrogen (secondary N) is 3. The fourth-order valence-corrected chi connectivity index (χ4v) is 4.87. The Morgan fingerprint density at radius 2 is 1.52 bits per heavy atom. The summed E-state index contributed by atoms with van der Waals surface area (Å²) in [5.74, 6) is -1.01. The van der Waals surface area contributed by atoms with Crippen LogP contribution in [-0.4, -0.2) is 23.0 Å². The molecule has 0 bridgehead atoms. The first kappa shape index (κ1) is 29.1. The Morgan fingerprint density at radius 1 is 0.825 bits per heavy atom. The average molecular weight is 635 g/mol. The topological polar surface area (TPSA) is 87.3 Å². The number of benzene rings is 4.